The Morgan fingerprint density at radius 2 is 1.65 bits per heavy atom. The van der Waals surface area contributed by atoms with Gasteiger partial charge in [-0.2, -0.15) is 0 Å². The molecule has 1 heterocycles. The maximum Gasteiger partial charge on any atom is 0.161 e. The second-order valence-electron chi connectivity index (χ2n) is 4.57. The Balaban J connectivity index is 2.00. The fourth-order valence-corrected chi connectivity index (χ4v) is 2.37. The normalized spacial score (nSPS) is 13.7. The summed E-state index contributed by atoms with van der Waals surface area (Å²) in [6, 6.07) is 11.2. The van der Waals surface area contributed by atoms with Gasteiger partial charge in [0.05, 0.1) is 18.2 Å². The summed E-state index contributed by atoms with van der Waals surface area (Å²) in [5.41, 5.74) is 2.41. The average Bonchev–Trinajstić information content (AvgIpc) is 2.71. The van der Waals surface area contributed by atoms with Crippen LogP contribution in [0.2, 0.25) is 5.02 Å². The van der Waals surface area contributed by atoms with Crippen LogP contribution in [0.1, 0.15) is 16.8 Å². The van der Waals surface area contributed by atoms with Crippen LogP contribution in [0.5, 0.6) is 11.5 Å². The Hall–Kier alpha value is -2.00. The molecule has 0 aliphatic carbocycles. The number of carbonyl (C=O) groups excluding carboxylic acids is 1. The number of ether oxygens (including phenoxy) is 2. The van der Waals surface area contributed by atoms with Crippen LogP contribution in [0.3, 0.4) is 0 Å². The number of benzene rings is 2. The van der Waals surface area contributed by atoms with Crippen molar-refractivity contribution in [2.75, 3.05) is 13.2 Å². The zero-order chi connectivity index (χ0) is 13.9. The van der Waals surface area contributed by atoms with Crippen molar-refractivity contribution in [1.82, 2.24) is 0 Å². The number of hydrogen-bond acceptors (Lipinski definition) is 3. The Labute approximate surface area is 122 Å². The van der Waals surface area contributed by atoms with Crippen LogP contribution in [0.4, 0.5) is 0 Å². The molecule has 3 rings (SSSR count). The van der Waals surface area contributed by atoms with E-state index in [1.54, 1.807) is 12.1 Å². The fourth-order valence-electron chi connectivity index (χ4n) is 2.15. The molecule has 0 saturated carbocycles. The van der Waals surface area contributed by atoms with Gasteiger partial charge in [0.15, 0.2) is 17.8 Å². The first-order valence-corrected chi connectivity index (χ1v) is 6.80. The molecule has 0 bridgehead atoms. The first kappa shape index (κ1) is 13.0. The number of aldehydes is 1. The third-order valence-electron chi connectivity index (χ3n) is 3.21. The molecule has 0 radical (unpaired) electrons. The maximum absolute atomic E-state index is 10.8. The molecule has 3 nitrogen and oxygen atoms in total. The molecule has 0 amide bonds. The minimum atomic E-state index is 0.449. The highest BCUT2D eigenvalue weighted by atomic mass is 35.5. The summed E-state index contributed by atoms with van der Waals surface area (Å²) in [5.74, 6) is 1.51. The van der Waals surface area contributed by atoms with Gasteiger partial charge in [0, 0.05) is 12.0 Å². The third-order valence-corrected chi connectivity index (χ3v) is 3.54. The van der Waals surface area contributed by atoms with E-state index in [4.69, 9.17) is 21.1 Å². The molecule has 0 aromatic heterocycles. The van der Waals surface area contributed by atoms with E-state index in [1.165, 1.54) is 0 Å². The highest BCUT2D eigenvalue weighted by molar-refractivity contribution is 6.33. The van der Waals surface area contributed by atoms with Crippen molar-refractivity contribution in [3.05, 3.63) is 47.0 Å². The second-order valence-corrected chi connectivity index (χ2v) is 4.97. The molecular weight excluding hydrogens is 276 g/mol. The van der Waals surface area contributed by atoms with Crippen LogP contribution in [0, 0.1) is 0 Å². The van der Waals surface area contributed by atoms with Crippen molar-refractivity contribution in [3.63, 3.8) is 0 Å². The molecule has 0 atom stereocenters. The Morgan fingerprint density at radius 1 is 0.950 bits per heavy atom. The number of halogens is 1. The third kappa shape index (κ3) is 2.49. The molecular formula is C16H13ClO3. The lowest BCUT2D eigenvalue weighted by Crippen LogP contribution is -1.97. The van der Waals surface area contributed by atoms with Crippen molar-refractivity contribution < 1.29 is 14.3 Å². The molecule has 20 heavy (non-hydrogen) atoms. The van der Waals surface area contributed by atoms with Crippen molar-refractivity contribution in [3.8, 4) is 22.6 Å². The molecule has 4 heteroatoms. The molecule has 0 saturated heterocycles. The minimum Gasteiger partial charge on any atom is -0.490 e. The number of carbonyl (C=O) groups is 1. The van der Waals surface area contributed by atoms with E-state index >= 15 is 0 Å². The second kappa shape index (κ2) is 5.55. The Kier molecular flexibility index (Phi) is 3.61. The summed E-state index contributed by atoms with van der Waals surface area (Å²) in [5, 5.41) is 0.449. The summed E-state index contributed by atoms with van der Waals surface area (Å²) >= 11 is 6.06. The summed E-state index contributed by atoms with van der Waals surface area (Å²) in [7, 11) is 0. The van der Waals surface area contributed by atoms with Gasteiger partial charge in [-0.3, -0.25) is 4.79 Å². The van der Waals surface area contributed by atoms with Gasteiger partial charge < -0.3 is 9.47 Å². The minimum absolute atomic E-state index is 0.449. The van der Waals surface area contributed by atoms with Gasteiger partial charge in [0.2, 0.25) is 0 Å². The summed E-state index contributed by atoms with van der Waals surface area (Å²) < 4.78 is 11.3. The van der Waals surface area contributed by atoms with Gasteiger partial charge >= 0.3 is 0 Å². The molecule has 2 aromatic rings. The highest BCUT2D eigenvalue weighted by Gasteiger charge is 2.12. The van der Waals surface area contributed by atoms with Gasteiger partial charge in [-0.1, -0.05) is 23.7 Å². The van der Waals surface area contributed by atoms with Crippen LogP contribution in [-0.4, -0.2) is 19.5 Å². The van der Waals surface area contributed by atoms with Crippen molar-refractivity contribution >= 4 is 17.9 Å². The number of fused-ring (bicyclic) bond motifs is 1. The first-order valence-electron chi connectivity index (χ1n) is 6.43. The van der Waals surface area contributed by atoms with Crippen LogP contribution < -0.4 is 9.47 Å². The van der Waals surface area contributed by atoms with E-state index in [9.17, 15) is 4.79 Å². The standard InChI is InChI=1S/C16H13ClO3/c17-14-8-11(2-3-13(14)10-18)12-4-5-15-16(9-12)20-7-1-6-19-15/h2-5,8-10H,1,6-7H2. The van der Waals surface area contributed by atoms with E-state index < -0.39 is 0 Å². The molecule has 0 fully saturated rings. The zero-order valence-electron chi connectivity index (χ0n) is 10.8. The molecule has 2 aromatic carbocycles. The lowest BCUT2D eigenvalue weighted by Gasteiger charge is -2.10. The highest BCUT2D eigenvalue weighted by Crippen LogP contribution is 2.35. The first-order chi connectivity index (χ1) is 9.78. The Bertz CT molecular complexity index is 652. The predicted molar refractivity (Wildman–Crippen MR) is 77.9 cm³/mol. The van der Waals surface area contributed by atoms with E-state index in [-0.39, 0.29) is 0 Å². The fraction of sp³-hybridized carbons (Fsp3) is 0.188. The van der Waals surface area contributed by atoms with E-state index in [1.807, 2.05) is 24.3 Å². The van der Waals surface area contributed by atoms with Crippen LogP contribution in [0.25, 0.3) is 11.1 Å². The molecule has 0 unspecified atom stereocenters. The van der Waals surface area contributed by atoms with Gasteiger partial charge in [-0.15, -0.1) is 0 Å². The van der Waals surface area contributed by atoms with E-state index in [0.717, 1.165) is 35.3 Å². The largest absolute Gasteiger partial charge is 0.490 e. The van der Waals surface area contributed by atoms with E-state index in [0.29, 0.717) is 23.8 Å². The molecule has 1 aliphatic heterocycles. The topological polar surface area (TPSA) is 35.5 Å². The maximum atomic E-state index is 10.8. The lowest BCUT2D eigenvalue weighted by molar-refractivity contribution is 0.112. The van der Waals surface area contributed by atoms with Crippen LogP contribution in [-0.2, 0) is 0 Å². The van der Waals surface area contributed by atoms with Crippen LogP contribution >= 0.6 is 11.6 Å². The van der Waals surface area contributed by atoms with Crippen molar-refractivity contribution in [1.29, 1.82) is 0 Å². The van der Waals surface area contributed by atoms with E-state index in [2.05, 4.69) is 0 Å². The monoisotopic (exact) mass is 288 g/mol. The van der Waals surface area contributed by atoms with Gasteiger partial charge in [-0.25, -0.2) is 0 Å². The number of hydrogen-bond donors (Lipinski definition) is 0. The zero-order valence-corrected chi connectivity index (χ0v) is 11.5. The van der Waals surface area contributed by atoms with Crippen molar-refractivity contribution in [2.45, 2.75) is 6.42 Å². The Morgan fingerprint density at radius 3 is 2.40 bits per heavy atom. The quantitative estimate of drug-likeness (QED) is 0.784. The summed E-state index contributed by atoms with van der Waals surface area (Å²) in [6.45, 7) is 1.33. The molecule has 0 N–H and O–H groups in total. The van der Waals surface area contributed by atoms with Crippen LogP contribution in [0.15, 0.2) is 36.4 Å². The molecule has 1 aliphatic rings. The van der Waals surface area contributed by atoms with Gasteiger partial charge in [0.25, 0.3) is 0 Å². The SMILES string of the molecule is O=Cc1ccc(-c2ccc3c(c2)OCCCO3)cc1Cl. The van der Waals surface area contributed by atoms with Gasteiger partial charge in [0.1, 0.15) is 0 Å². The molecule has 102 valence electrons. The smallest absolute Gasteiger partial charge is 0.161 e. The number of rotatable bonds is 2. The van der Waals surface area contributed by atoms with Crippen molar-refractivity contribution in [2.24, 2.45) is 0 Å². The van der Waals surface area contributed by atoms with Gasteiger partial charge in [-0.05, 0) is 35.4 Å². The molecule has 0 spiro atoms. The summed E-state index contributed by atoms with van der Waals surface area (Å²) in [4.78, 5) is 10.8. The summed E-state index contributed by atoms with van der Waals surface area (Å²) in [6.07, 6.45) is 1.63. The average molecular weight is 289 g/mol. The predicted octanol–water partition coefficient (Wildman–Crippen LogP) is 3.98. The lowest BCUT2D eigenvalue weighted by atomic mass is 10.0.